The van der Waals surface area contributed by atoms with Crippen molar-refractivity contribution >= 4 is 28.3 Å². The Labute approximate surface area is 189 Å². The Bertz CT molecular complexity index is 1340. The van der Waals surface area contributed by atoms with Gasteiger partial charge in [0.05, 0.1) is 5.69 Å². The first-order chi connectivity index (χ1) is 16.1. The van der Waals surface area contributed by atoms with Crippen molar-refractivity contribution in [2.45, 2.75) is 13.0 Å². The predicted octanol–water partition coefficient (Wildman–Crippen LogP) is 5.09. The van der Waals surface area contributed by atoms with Crippen LogP contribution in [0.2, 0.25) is 0 Å². The predicted molar refractivity (Wildman–Crippen MR) is 123 cm³/mol. The number of anilines is 2. The number of pyridine rings is 1. The van der Waals surface area contributed by atoms with Gasteiger partial charge in [0.15, 0.2) is 6.61 Å². The van der Waals surface area contributed by atoms with Gasteiger partial charge in [-0.25, -0.2) is 13.8 Å². The van der Waals surface area contributed by atoms with E-state index in [0.717, 1.165) is 36.8 Å². The summed E-state index contributed by atoms with van der Waals surface area (Å²) in [5, 5.41) is 3.28. The van der Waals surface area contributed by atoms with Gasteiger partial charge in [0.1, 0.15) is 28.7 Å². The molecule has 2 heterocycles. The zero-order valence-corrected chi connectivity index (χ0v) is 17.7. The number of ether oxygens (including phenoxy) is 1. The molecule has 1 amide bonds. The number of rotatable bonds is 5. The molecule has 5 nitrogen and oxygen atoms in total. The molecule has 0 saturated heterocycles. The van der Waals surface area contributed by atoms with E-state index < -0.39 is 17.5 Å². The first-order valence-corrected chi connectivity index (χ1v) is 10.7. The van der Waals surface area contributed by atoms with Crippen molar-refractivity contribution in [1.29, 1.82) is 0 Å². The Morgan fingerprint density at radius 1 is 1.00 bits per heavy atom. The van der Waals surface area contributed by atoms with Crippen LogP contribution in [-0.2, 0) is 17.8 Å². The van der Waals surface area contributed by atoms with Crippen LogP contribution in [0.5, 0.6) is 5.75 Å². The molecule has 0 spiro atoms. The number of halogens is 2. The first-order valence-electron chi connectivity index (χ1n) is 10.7. The topological polar surface area (TPSA) is 54.5 Å². The van der Waals surface area contributed by atoms with Crippen molar-refractivity contribution < 1.29 is 18.3 Å². The number of benzene rings is 3. The number of amides is 1. The van der Waals surface area contributed by atoms with E-state index >= 15 is 0 Å². The zero-order chi connectivity index (χ0) is 22.8. The summed E-state index contributed by atoms with van der Waals surface area (Å²) in [7, 11) is 0. The van der Waals surface area contributed by atoms with Crippen LogP contribution in [0.25, 0.3) is 10.9 Å². The highest BCUT2D eigenvalue weighted by atomic mass is 19.1. The summed E-state index contributed by atoms with van der Waals surface area (Å²) >= 11 is 0. The van der Waals surface area contributed by atoms with Gasteiger partial charge in [0.25, 0.3) is 5.91 Å². The molecule has 0 aliphatic carbocycles. The molecule has 1 aromatic heterocycles. The molecule has 33 heavy (non-hydrogen) atoms. The average Bonchev–Trinajstić information content (AvgIpc) is 2.84. The molecule has 1 aliphatic heterocycles. The Hall–Kier alpha value is -4.00. The SMILES string of the molecule is O=C(COc1cccc2ccc(N3CCc4ccccc4C3)nc12)Nc1ccc(F)cc1F. The van der Waals surface area contributed by atoms with Crippen molar-refractivity contribution in [2.75, 3.05) is 23.4 Å². The molecule has 1 aliphatic rings. The molecule has 5 rings (SSSR count). The van der Waals surface area contributed by atoms with Gasteiger partial charge in [-0.1, -0.05) is 36.4 Å². The number of para-hydroxylation sites is 1. The van der Waals surface area contributed by atoms with E-state index in [0.29, 0.717) is 17.3 Å². The van der Waals surface area contributed by atoms with Crippen LogP contribution in [-0.4, -0.2) is 24.0 Å². The number of hydrogen-bond acceptors (Lipinski definition) is 4. The lowest BCUT2D eigenvalue weighted by Gasteiger charge is -2.30. The van der Waals surface area contributed by atoms with E-state index in [9.17, 15) is 13.6 Å². The lowest BCUT2D eigenvalue weighted by Crippen LogP contribution is -2.30. The van der Waals surface area contributed by atoms with Crippen LogP contribution in [0.15, 0.2) is 72.8 Å². The highest BCUT2D eigenvalue weighted by Crippen LogP contribution is 2.29. The Morgan fingerprint density at radius 3 is 2.70 bits per heavy atom. The summed E-state index contributed by atoms with van der Waals surface area (Å²) in [5.74, 6) is -0.812. The third-order valence-corrected chi connectivity index (χ3v) is 5.69. The largest absolute Gasteiger partial charge is 0.481 e. The lowest BCUT2D eigenvalue weighted by molar-refractivity contribution is -0.118. The van der Waals surface area contributed by atoms with Gasteiger partial charge in [-0.15, -0.1) is 0 Å². The standard InChI is InChI=1S/C26H21F2N3O2/c27-20-9-10-22(21(28)14-20)29-25(32)16-33-23-7-3-6-18-8-11-24(30-26(18)23)31-13-12-17-4-1-2-5-19(17)15-31/h1-11,14H,12-13,15-16H2,(H,29,32). The third kappa shape index (κ3) is 4.48. The number of hydrogen-bond donors (Lipinski definition) is 1. The second-order valence-electron chi connectivity index (χ2n) is 7.90. The Morgan fingerprint density at radius 2 is 1.85 bits per heavy atom. The van der Waals surface area contributed by atoms with E-state index in [2.05, 4.69) is 28.4 Å². The normalized spacial score (nSPS) is 13.0. The number of aromatic nitrogens is 1. The molecule has 0 saturated carbocycles. The minimum Gasteiger partial charge on any atom is -0.481 e. The maximum atomic E-state index is 13.8. The van der Waals surface area contributed by atoms with Gasteiger partial charge < -0.3 is 15.0 Å². The minimum atomic E-state index is -0.845. The zero-order valence-electron chi connectivity index (χ0n) is 17.7. The van der Waals surface area contributed by atoms with Crippen LogP contribution in [0.3, 0.4) is 0 Å². The number of carbonyl (C=O) groups is 1. The van der Waals surface area contributed by atoms with E-state index in [1.165, 1.54) is 17.2 Å². The lowest BCUT2D eigenvalue weighted by atomic mass is 10.00. The molecule has 166 valence electrons. The van der Waals surface area contributed by atoms with Crippen molar-refractivity contribution in [3.63, 3.8) is 0 Å². The fourth-order valence-corrected chi connectivity index (χ4v) is 4.01. The smallest absolute Gasteiger partial charge is 0.262 e. The quantitative estimate of drug-likeness (QED) is 0.465. The number of nitrogens with one attached hydrogen (secondary N) is 1. The summed E-state index contributed by atoms with van der Waals surface area (Å²) in [6, 6.07) is 20.9. The average molecular weight is 445 g/mol. The molecule has 0 unspecified atom stereocenters. The van der Waals surface area contributed by atoms with Gasteiger partial charge in [-0.3, -0.25) is 4.79 Å². The number of fused-ring (bicyclic) bond motifs is 2. The van der Waals surface area contributed by atoms with E-state index in [-0.39, 0.29) is 12.3 Å². The minimum absolute atomic E-state index is 0.103. The molecule has 3 aromatic carbocycles. The van der Waals surface area contributed by atoms with Gasteiger partial charge in [-0.2, -0.15) is 0 Å². The van der Waals surface area contributed by atoms with E-state index in [1.54, 1.807) is 6.07 Å². The maximum absolute atomic E-state index is 13.8. The third-order valence-electron chi connectivity index (χ3n) is 5.69. The molecular weight excluding hydrogens is 424 g/mol. The maximum Gasteiger partial charge on any atom is 0.262 e. The van der Waals surface area contributed by atoms with Gasteiger partial charge >= 0.3 is 0 Å². The summed E-state index contributed by atoms with van der Waals surface area (Å²) in [6.07, 6.45) is 0.953. The Kier molecular flexibility index (Phi) is 5.60. The highest BCUT2D eigenvalue weighted by molar-refractivity contribution is 5.92. The molecule has 1 N–H and O–H groups in total. The number of nitrogens with zero attached hydrogens (tertiary/aromatic N) is 2. The van der Waals surface area contributed by atoms with Gasteiger partial charge in [0, 0.05) is 24.5 Å². The molecular formula is C26H21F2N3O2. The van der Waals surface area contributed by atoms with Crippen molar-refractivity contribution in [3.05, 3.63) is 95.6 Å². The monoisotopic (exact) mass is 445 g/mol. The van der Waals surface area contributed by atoms with Crippen LogP contribution >= 0.6 is 0 Å². The number of carbonyl (C=O) groups excluding carboxylic acids is 1. The van der Waals surface area contributed by atoms with Crippen molar-refractivity contribution in [1.82, 2.24) is 4.98 Å². The van der Waals surface area contributed by atoms with Gasteiger partial charge in [0.2, 0.25) is 0 Å². The molecule has 0 atom stereocenters. The Balaban J connectivity index is 1.33. The molecule has 0 bridgehead atoms. The summed E-state index contributed by atoms with van der Waals surface area (Å²) in [6.45, 7) is 1.31. The fourth-order valence-electron chi connectivity index (χ4n) is 4.01. The second-order valence-corrected chi connectivity index (χ2v) is 7.90. The van der Waals surface area contributed by atoms with Crippen LogP contribution in [0, 0.1) is 11.6 Å². The fraction of sp³-hybridized carbons (Fsp3) is 0.154. The summed E-state index contributed by atoms with van der Waals surface area (Å²) in [4.78, 5) is 19.3. The van der Waals surface area contributed by atoms with E-state index in [1.807, 2.05) is 30.3 Å². The summed E-state index contributed by atoms with van der Waals surface area (Å²) in [5.41, 5.74) is 3.20. The van der Waals surface area contributed by atoms with Crippen LogP contribution < -0.4 is 15.0 Å². The van der Waals surface area contributed by atoms with Gasteiger partial charge in [-0.05, 0) is 47.9 Å². The van der Waals surface area contributed by atoms with E-state index in [4.69, 9.17) is 9.72 Å². The molecule has 0 radical (unpaired) electrons. The molecule has 7 heteroatoms. The van der Waals surface area contributed by atoms with Crippen LogP contribution in [0.1, 0.15) is 11.1 Å². The second kappa shape index (κ2) is 8.86. The summed E-state index contributed by atoms with van der Waals surface area (Å²) < 4.78 is 32.6. The first kappa shape index (κ1) is 20.9. The molecule has 0 fully saturated rings. The highest BCUT2D eigenvalue weighted by Gasteiger charge is 2.18. The molecule has 4 aromatic rings. The van der Waals surface area contributed by atoms with Crippen LogP contribution in [0.4, 0.5) is 20.3 Å². The van der Waals surface area contributed by atoms with Crippen molar-refractivity contribution in [2.24, 2.45) is 0 Å². The van der Waals surface area contributed by atoms with Crippen molar-refractivity contribution in [3.8, 4) is 5.75 Å².